The van der Waals surface area contributed by atoms with Crippen molar-refractivity contribution in [3.63, 3.8) is 0 Å². The summed E-state index contributed by atoms with van der Waals surface area (Å²) in [5, 5.41) is 13.2. The normalized spacial score (nSPS) is 11.0. The van der Waals surface area contributed by atoms with Crippen molar-refractivity contribution in [3.05, 3.63) is 250 Å². The lowest BCUT2D eigenvalue weighted by Crippen LogP contribution is -1.93. The monoisotopic (exact) mass is 1000 g/mol. The molecular weight excluding hydrogens is 937 g/mol. The number of hydrogen-bond acceptors (Lipinski definition) is 0. The molecule has 0 spiro atoms. The molecule has 0 fully saturated rings. The van der Waals surface area contributed by atoms with Crippen LogP contribution in [0.15, 0.2) is 194 Å². The number of aryl methyl sites for hydroxylation is 2. The molecule has 11 aromatic carbocycles. The average molecular weight is 1000 g/mol. The van der Waals surface area contributed by atoms with Crippen molar-refractivity contribution in [1.82, 2.24) is 0 Å². The van der Waals surface area contributed by atoms with Crippen LogP contribution in [-0.4, -0.2) is 0 Å². The van der Waals surface area contributed by atoms with Crippen LogP contribution in [0.1, 0.15) is 147 Å². The second-order valence-corrected chi connectivity index (χ2v) is 21.0. The van der Waals surface area contributed by atoms with E-state index >= 15 is 0 Å². The Labute approximate surface area is 463 Å². The van der Waals surface area contributed by atoms with Gasteiger partial charge in [0.2, 0.25) is 0 Å². The molecule has 0 radical (unpaired) electrons. The molecule has 0 aromatic heterocycles. The van der Waals surface area contributed by atoms with Crippen LogP contribution >= 0.6 is 0 Å². The highest BCUT2D eigenvalue weighted by Crippen LogP contribution is 2.37. The molecule has 11 aromatic rings. The quantitative estimate of drug-likeness (QED) is 0.0579. The van der Waals surface area contributed by atoms with Gasteiger partial charge in [-0.05, 0) is 126 Å². The minimum atomic E-state index is 0.995. The Morgan fingerprint density at radius 2 is 0.397 bits per heavy atom. The van der Waals surface area contributed by atoms with Gasteiger partial charge in [-0.25, -0.2) is 0 Å². The second-order valence-electron chi connectivity index (χ2n) is 21.0. The smallest absolute Gasteiger partial charge is 0.0406 e. The van der Waals surface area contributed by atoms with E-state index in [0.29, 0.717) is 0 Å². The Bertz CT molecular complexity index is 3780. The molecule has 0 atom stereocenters. The molecule has 0 saturated carbocycles. The van der Waals surface area contributed by atoms with E-state index in [4.69, 9.17) is 0 Å². The van der Waals surface area contributed by atoms with Crippen molar-refractivity contribution in [2.45, 2.75) is 104 Å². The van der Waals surface area contributed by atoms with E-state index in [2.05, 4.69) is 255 Å². The summed E-state index contributed by atoms with van der Waals surface area (Å²) in [6.07, 6.45) is 18.0. The van der Waals surface area contributed by atoms with Crippen LogP contribution in [0.5, 0.6) is 0 Å². The van der Waals surface area contributed by atoms with Crippen molar-refractivity contribution < 1.29 is 0 Å². The second kappa shape index (κ2) is 24.9. The summed E-state index contributed by atoms with van der Waals surface area (Å²) < 4.78 is 0. The summed E-state index contributed by atoms with van der Waals surface area (Å²) >= 11 is 0. The largest absolute Gasteiger partial charge is 0.0654 e. The predicted molar refractivity (Wildman–Crippen MR) is 335 cm³/mol. The molecule has 0 saturated heterocycles. The fraction of sp³-hybridized carbons (Fsp3) is 0.205. The Morgan fingerprint density at radius 3 is 0.615 bits per heavy atom. The Balaban J connectivity index is 0.949. The van der Waals surface area contributed by atoms with Gasteiger partial charge in [0.05, 0.1) is 0 Å². The number of benzene rings is 11. The summed E-state index contributed by atoms with van der Waals surface area (Å²) in [6.45, 7) is 4.55. The van der Waals surface area contributed by atoms with Crippen molar-refractivity contribution in [2.24, 2.45) is 0 Å². The Kier molecular flexibility index (Phi) is 16.4. The topological polar surface area (TPSA) is 0 Å². The number of unbranched alkanes of at least 4 members (excludes halogenated alkanes) is 10. The molecule has 0 amide bonds. The van der Waals surface area contributed by atoms with Crippen molar-refractivity contribution in [1.29, 1.82) is 0 Å². The van der Waals surface area contributed by atoms with Gasteiger partial charge >= 0.3 is 0 Å². The molecule has 0 nitrogen and oxygen atoms in total. The SMILES string of the molecule is CCCCCCCCc1ccc(C#Cc2c3ccccc3c(C#Cc3c4ccccc4c(C#Cc4c5ccccc5c(C#Cc5ccc(CCCCCCCC)cc5)c5ccccc45)c4ccccc34)c3ccccc23)cc1. The zero-order valence-electron chi connectivity index (χ0n) is 45.4. The molecule has 0 aliphatic rings. The predicted octanol–water partition coefficient (Wildman–Crippen LogP) is 20.0. The first-order valence-corrected chi connectivity index (χ1v) is 28.7. The van der Waals surface area contributed by atoms with E-state index < -0.39 is 0 Å². The van der Waals surface area contributed by atoms with Crippen molar-refractivity contribution in [2.75, 3.05) is 0 Å². The maximum absolute atomic E-state index is 3.79. The van der Waals surface area contributed by atoms with Gasteiger partial charge in [-0.1, -0.05) is 295 Å². The van der Waals surface area contributed by atoms with E-state index in [1.165, 1.54) is 88.2 Å². The van der Waals surface area contributed by atoms with Crippen LogP contribution in [-0.2, 0) is 12.8 Å². The lowest BCUT2D eigenvalue weighted by atomic mass is 9.89. The molecule has 378 valence electrons. The first-order chi connectivity index (χ1) is 38.7. The van der Waals surface area contributed by atoms with Crippen molar-refractivity contribution >= 4 is 64.6 Å². The summed E-state index contributed by atoms with van der Waals surface area (Å²) in [5.41, 5.74) is 10.9. The van der Waals surface area contributed by atoms with E-state index in [9.17, 15) is 0 Å². The Hall–Kier alpha value is -8.78. The third-order valence-electron chi connectivity index (χ3n) is 15.6. The van der Waals surface area contributed by atoms with Crippen LogP contribution in [0.4, 0.5) is 0 Å². The van der Waals surface area contributed by atoms with Crippen LogP contribution in [0, 0.1) is 47.4 Å². The summed E-state index contributed by atoms with van der Waals surface area (Å²) in [7, 11) is 0. The zero-order valence-corrected chi connectivity index (χ0v) is 45.4. The lowest BCUT2D eigenvalue weighted by molar-refractivity contribution is 0.607. The fourth-order valence-electron chi connectivity index (χ4n) is 11.4. The van der Waals surface area contributed by atoms with Gasteiger partial charge in [0.15, 0.2) is 0 Å². The maximum Gasteiger partial charge on any atom is 0.0406 e. The molecule has 0 unspecified atom stereocenters. The van der Waals surface area contributed by atoms with Gasteiger partial charge < -0.3 is 0 Å². The summed E-state index contributed by atoms with van der Waals surface area (Å²) in [4.78, 5) is 0. The van der Waals surface area contributed by atoms with Gasteiger partial charge in [-0.3, -0.25) is 0 Å². The van der Waals surface area contributed by atoms with Crippen LogP contribution in [0.2, 0.25) is 0 Å². The van der Waals surface area contributed by atoms with Gasteiger partial charge in [-0.2, -0.15) is 0 Å². The zero-order chi connectivity index (χ0) is 52.9. The summed E-state index contributed by atoms with van der Waals surface area (Å²) in [5.74, 6) is 29.5. The van der Waals surface area contributed by atoms with E-state index in [1.807, 2.05) is 0 Å². The molecule has 0 aliphatic heterocycles. The highest BCUT2D eigenvalue weighted by atomic mass is 14.2. The number of fused-ring (bicyclic) bond motifs is 6. The Morgan fingerprint density at radius 1 is 0.205 bits per heavy atom. The molecule has 0 N–H and O–H groups in total. The molecule has 78 heavy (non-hydrogen) atoms. The summed E-state index contributed by atoms with van der Waals surface area (Å²) in [6, 6.07) is 69.6. The number of hydrogen-bond donors (Lipinski definition) is 0. The third-order valence-corrected chi connectivity index (χ3v) is 15.6. The fourth-order valence-corrected chi connectivity index (χ4v) is 11.4. The van der Waals surface area contributed by atoms with E-state index in [0.717, 1.165) is 122 Å². The first kappa shape index (κ1) is 51.3. The molecular formula is C78H66. The molecule has 0 bridgehead atoms. The van der Waals surface area contributed by atoms with Crippen molar-refractivity contribution in [3.8, 4) is 47.4 Å². The molecule has 11 rings (SSSR count). The van der Waals surface area contributed by atoms with E-state index in [-0.39, 0.29) is 0 Å². The van der Waals surface area contributed by atoms with Gasteiger partial charge in [0.1, 0.15) is 0 Å². The van der Waals surface area contributed by atoms with Gasteiger partial charge in [-0.15, -0.1) is 0 Å². The minimum absolute atomic E-state index is 0.995. The average Bonchev–Trinajstić information content (AvgIpc) is 3.68. The highest BCUT2D eigenvalue weighted by molar-refractivity contribution is 6.13. The first-order valence-electron chi connectivity index (χ1n) is 28.7. The minimum Gasteiger partial charge on any atom is -0.0654 e. The molecule has 0 heterocycles. The molecule has 0 heteroatoms. The maximum atomic E-state index is 3.79. The third kappa shape index (κ3) is 11.3. The standard InChI is InChI=1S/C78H66/c1-3-5-7-9-11-13-27-57-41-45-59(46-42-57)49-51-73-61-29-15-19-33-65(61)75(66-34-20-16-30-62(66)73)53-55-77-69-37-23-25-39-71(69)78(72-40-26-24-38-70(72)77)56-54-76-67-35-21-17-31-63(67)74(64-32-18-22-36-68(64)76)52-50-60-47-43-58(44-48-60)28-14-12-10-8-6-4-2/h15-26,29-48H,3-14,27-28H2,1-2H3. The lowest BCUT2D eigenvalue weighted by Gasteiger charge is -2.12. The van der Waals surface area contributed by atoms with E-state index in [1.54, 1.807) is 0 Å². The van der Waals surface area contributed by atoms with Crippen LogP contribution in [0.25, 0.3) is 64.6 Å². The highest BCUT2D eigenvalue weighted by Gasteiger charge is 2.16. The van der Waals surface area contributed by atoms with Crippen LogP contribution in [0.3, 0.4) is 0 Å². The molecule has 0 aliphatic carbocycles. The number of rotatable bonds is 14. The van der Waals surface area contributed by atoms with Crippen LogP contribution < -0.4 is 0 Å². The van der Waals surface area contributed by atoms with Gasteiger partial charge in [0.25, 0.3) is 0 Å². The van der Waals surface area contributed by atoms with Gasteiger partial charge in [0, 0.05) is 44.5 Å².